The van der Waals surface area contributed by atoms with Crippen molar-refractivity contribution in [3.63, 3.8) is 0 Å². The molecule has 0 aliphatic heterocycles. The number of rotatable bonds is 6. The number of aryl methyl sites for hydroxylation is 1. The number of carbonyl (C=O) groups excluding carboxylic acids is 1. The number of Topliss-reactive ketones (excluding diaryl/α,β-unsaturated/α-hetero) is 1. The highest BCUT2D eigenvalue weighted by Crippen LogP contribution is 2.40. The first-order chi connectivity index (χ1) is 13.1. The Kier molecular flexibility index (Phi) is 5.58. The SMILES string of the molecule is CC(=O)c1c(C)nn(Cc2ccc(S(C)(C)N)cc2)c1Nc1ccc(F)cc1. The van der Waals surface area contributed by atoms with E-state index in [4.69, 9.17) is 5.14 Å². The lowest BCUT2D eigenvalue weighted by Crippen LogP contribution is -2.09. The molecule has 0 unspecified atom stereocenters. The smallest absolute Gasteiger partial charge is 0.165 e. The zero-order valence-corrected chi connectivity index (χ0v) is 17.3. The number of anilines is 2. The van der Waals surface area contributed by atoms with E-state index >= 15 is 0 Å². The van der Waals surface area contributed by atoms with Crippen LogP contribution in [0.2, 0.25) is 0 Å². The lowest BCUT2D eigenvalue weighted by Gasteiger charge is -2.25. The van der Waals surface area contributed by atoms with Crippen LogP contribution >= 0.6 is 10.2 Å². The second-order valence-electron chi connectivity index (χ2n) is 7.20. The molecule has 0 atom stereocenters. The van der Waals surface area contributed by atoms with Gasteiger partial charge in [-0.15, -0.1) is 0 Å². The molecule has 3 aromatic rings. The van der Waals surface area contributed by atoms with Crippen LogP contribution in [0.4, 0.5) is 15.9 Å². The second-order valence-corrected chi connectivity index (χ2v) is 10.5. The van der Waals surface area contributed by atoms with Gasteiger partial charge in [0.2, 0.25) is 0 Å². The summed E-state index contributed by atoms with van der Waals surface area (Å²) in [6, 6.07) is 14.2. The van der Waals surface area contributed by atoms with E-state index in [2.05, 4.69) is 10.4 Å². The topological polar surface area (TPSA) is 72.9 Å². The molecule has 0 saturated heterocycles. The van der Waals surface area contributed by atoms with Gasteiger partial charge in [0.1, 0.15) is 11.6 Å². The van der Waals surface area contributed by atoms with E-state index in [1.807, 2.05) is 43.7 Å². The molecular formula is C21H25FN4OS. The van der Waals surface area contributed by atoms with Gasteiger partial charge in [-0.25, -0.2) is 9.07 Å². The van der Waals surface area contributed by atoms with Crippen LogP contribution in [0.25, 0.3) is 0 Å². The lowest BCUT2D eigenvalue weighted by molar-refractivity contribution is 0.101. The van der Waals surface area contributed by atoms with Gasteiger partial charge in [0.25, 0.3) is 0 Å². The molecule has 148 valence electrons. The van der Waals surface area contributed by atoms with E-state index in [1.54, 1.807) is 16.8 Å². The fourth-order valence-electron chi connectivity index (χ4n) is 3.03. The number of nitrogens with one attached hydrogen (secondary N) is 1. The molecular weight excluding hydrogens is 375 g/mol. The van der Waals surface area contributed by atoms with Crippen LogP contribution in [0, 0.1) is 12.7 Å². The van der Waals surface area contributed by atoms with Crippen LogP contribution in [0.5, 0.6) is 0 Å². The minimum atomic E-state index is -1.27. The first-order valence-corrected chi connectivity index (χ1v) is 11.4. The molecule has 0 saturated carbocycles. The molecule has 28 heavy (non-hydrogen) atoms. The molecule has 0 amide bonds. The highest BCUT2D eigenvalue weighted by Gasteiger charge is 2.19. The maximum Gasteiger partial charge on any atom is 0.165 e. The highest BCUT2D eigenvalue weighted by atomic mass is 32.3. The summed E-state index contributed by atoms with van der Waals surface area (Å²) >= 11 is 0. The minimum Gasteiger partial charge on any atom is -0.340 e. The summed E-state index contributed by atoms with van der Waals surface area (Å²) in [7, 11) is -1.27. The van der Waals surface area contributed by atoms with Crippen molar-refractivity contribution in [3.8, 4) is 0 Å². The second kappa shape index (κ2) is 7.77. The molecule has 1 aromatic heterocycles. The first kappa shape index (κ1) is 20.1. The van der Waals surface area contributed by atoms with Crippen molar-refractivity contribution in [2.75, 3.05) is 17.8 Å². The highest BCUT2D eigenvalue weighted by molar-refractivity contribution is 8.30. The Balaban J connectivity index is 1.95. The molecule has 0 fully saturated rings. The van der Waals surface area contributed by atoms with Gasteiger partial charge < -0.3 is 5.32 Å². The Bertz CT molecular complexity index is 989. The van der Waals surface area contributed by atoms with E-state index in [9.17, 15) is 9.18 Å². The lowest BCUT2D eigenvalue weighted by atomic mass is 10.1. The number of hydrogen-bond donors (Lipinski definition) is 2. The minimum absolute atomic E-state index is 0.0720. The number of halogens is 1. The van der Waals surface area contributed by atoms with Gasteiger partial charge in [-0.1, -0.05) is 12.1 Å². The van der Waals surface area contributed by atoms with Crippen LogP contribution < -0.4 is 10.5 Å². The van der Waals surface area contributed by atoms with Gasteiger partial charge in [0.15, 0.2) is 5.78 Å². The van der Waals surface area contributed by atoms with E-state index in [0.717, 1.165) is 10.5 Å². The van der Waals surface area contributed by atoms with Gasteiger partial charge in [-0.3, -0.25) is 9.93 Å². The van der Waals surface area contributed by atoms with Crippen molar-refractivity contribution in [2.45, 2.75) is 25.3 Å². The standard InChI is InChI=1S/C21H25FN4OS/c1-14-20(15(2)27)21(24-18-9-7-17(22)8-10-18)26(25-14)13-16-5-11-19(12-6-16)28(3,4)23/h5-12,24H,13,23H2,1-4H3. The third-order valence-corrected chi connectivity index (χ3v) is 5.94. The third kappa shape index (κ3) is 4.43. The van der Waals surface area contributed by atoms with Crippen molar-refractivity contribution >= 4 is 27.5 Å². The number of carbonyl (C=O) groups is 1. The Labute approximate surface area is 166 Å². The number of benzene rings is 2. The summed E-state index contributed by atoms with van der Waals surface area (Å²) in [4.78, 5) is 13.3. The molecule has 1 heterocycles. The van der Waals surface area contributed by atoms with Crippen molar-refractivity contribution in [1.29, 1.82) is 0 Å². The number of ketones is 1. The third-order valence-electron chi connectivity index (χ3n) is 4.45. The van der Waals surface area contributed by atoms with Gasteiger partial charge >= 0.3 is 0 Å². The van der Waals surface area contributed by atoms with E-state index < -0.39 is 10.2 Å². The molecule has 0 aliphatic carbocycles. The molecule has 3 rings (SSSR count). The van der Waals surface area contributed by atoms with Crippen LogP contribution in [-0.2, 0) is 6.54 Å². The Morgan fingerprint density at radius 3 is 2.29 bits per heavy atom. The zero-order chi connectivity index (χ0) is 20.5. The normalized spacial score (nSPS) is 12.1. The van der Waals surface area contributed by atoms with Crippen LogP contribution in [0.3, 0.4) is 0 Å². The number of aromatic nitrogens is 2. The Morgan fingerprint density at radius 1 is 1.14 bits per heavy atom. The van der Waals surface area contributed by atoms with Crippen molar-refractivity contribution in [1.82, 2.24) is 9.78 Å². The summed E-state index contributed by atoms with van der Waals surface area (Å²) in [6.45, 7) is 3.83. The van der Waals surface area contributed by atoms with Gasteiger partial charge in [0, 0.05) is 10.6 Å². The average Bonchev–Trinajstić information content (AvgIpc) is 2.91. The first-order valence-electron chi connectivity index (χ1n) is 8.86. The fraction of sp³-hybridized carbons (Fsp3) is 0.238. The summed E-state index contributed by atoms with van der Waals surface area (Å²) in [5.74, 6) is 0.217. The van der Waals surface area contributed by atoms with E-state index in [-0.39, 0.29) is 11.6 Å². The van der Waals surface area contributed by atoms with Crippen LogP contribution in [-0.4, -0.2) is 28.1 Å². The quantitative estimate of drug-likeness (QED) is 0.592. The molecule has 5 nitrogen and oxygen atoms in total. The maximum atomic E-state index is 13.2. The van der Waals surface area contributed by atoms with Gasteiger partial charge in [-0.05, 0) is 68.3 Å². The molecule has 0 spiro atoms. The Hall–Kier alpha value is -2.64. The predicted octanol–water partition coefficient (Wildman–Crippen LogP) is 4.62. The van der Waals surface area contributed by atoms with Crippen molar-refractivity contribution < 1.29 is 9.18 Å². The number of nitrogens with two attached hydrogens (primary N) is 1. The average molecular weight is 401 g/mol. The monoisotopic (exact) mass is 400 g/mol. The fourth-order valence-corrected chi connectivity index (χ4v) is 3.87. The molecule has 0 bridgehead atoms. The van der Waals surface area contributed by atoms with E-state index in [0.29, 0.717) is 29.3 Å². The van der Waals surface area contributed by atoms with Crippen LogP contribution in [0.1, 0.15) is 28.5 Å². The summed E-state index contributed by atoms with van der Waals surface area (Å²) in [5, 5.41) is 14.0. The number of nitrogens with zero attached hydrogens (tertiary/aromatic N) is 2. The predicted molar refractivity (Wildman–Crippen MR) is 114 cm³/mol. The van der Waals surface area contributed by atoms with Gasteiger partial charge in [0.05, 0.1) is 17.8 Å². The van der Waals surface area contributed by atoms with E-state index in [1.165, 1.54) is 19.1 Å². The molecule has 0 radical (unpaired) electrons. The largest absolute Gasteiger partial charge is 0.340 e. The molecule has 7 heteroatoms. The molecule has 2 aromatic carbocycles. The van der Waals surface area contributed by atoms with Crippen molar-refractivity contribution in [2.24, 2.45) is 5.14 Å². The van der Waals surface area contributed by atoms with Gasteiger partial charge in [-0.2, -0.15) is 15.3 Å². The number of hydrogen-bond acceptors (Lipinski definition) is 4. The van der Waals surface area contributed by atoms with Crippen molar-refractivity contribution in [3.05, 3.63) is 71.2 Å². The zero-order valence-electron chi connectivity index (χ0n) is 16.5. The summed E-state index contributed by atoms with van der Waals surface area (Å²) < 4.78 is 15.0. The molecule has 3 N–H and O–H groups in total. The Morgan fingerprint density at radius 2 is 1.75 bits per heavy atom. The van der Waals surface area contributed by atoms with Crippen LogP contribution in [0.15, 0.2) is 53.4 Å². The maximum absolute atomic E-state index is 13.2. The summed E-state index contributed by atoms with van der Waals surface area (Å²) in [5.41, 5.74) is 2.93. The summed E-state index contributed by atoms with van der Waals surface area (Å²) in [6.07, 6.45) is 4.09. The molecule has 0 aliphatic rings.